The number of anilines is 1. The summed E-state index contributed by atoms with van der Waals surface area (Å²) in [5.41, 5.74) is 2.16. The molecule has 2 aliphatic rings. The van der Waals surface area contributed by atoms with Gasteiger partial charge in [0, 0.05) is 44.9 Å². The first-order valence-electron chi connectivity index (χ1n) is 10.5. The molecule has 0 saturated carbocycles. The predicted octanol–water partition coefficient (Wildman–Crippen LogP) is 4.27. The number of halogens is 1. The number of para-hydroxylation sites is 1. The number of guanidine groups is 1. The van der Waals surface area contributed by atoms with E-state index in [0.717, 1.165) is 37.0 Å². The molecule has 2 aromatic rings. The molecular weight excluding hydrogens is 489 g/mol. The van der Waals surface area contributed by atoms with Crippen molar-refractivity contribution in [3.05, 3.63) is 53.7 Å². The van der Waals surface area contributed by atoms with Gasteiger partial charge in [-0.2, -0.15) is 0 Å². The van der Waals surface area contributed by atoms with Crippen LogP contribution in [0.4, 0.5) is 5.82 Å². The summed E-state index contributed by atoms with van der Waals surface area (Å²) in [5, 5.41) is 7.05. The second kappa shape index (κ2) is 9.85. The lowest BCUT2D eigenvalue weighted by Crippen LogP contribution is -2.45. The van der Waals surface area contributed by atoms with Crippen LogP contribution in [0.5, 0.6) is 5.75 Å². The lowest BCUT2D eigenvalue weighted by Gasteiger charge is -2.38. The fraction of sp³-hybridized carbons (Fsp3) is 0.478. The largest absolute Gasteiger partial charge is 0.487 e. The molecule has 1 unspecified atom stereocenters. The van der Waals surface area contributed by atoms with Gasteiger partial charge in [-0.1, -0.05) is 18.2 Å². The van der Waals surface area contributed by atoms with Gasteiger partial charge >= 0.3 is 0 Å². The Labute approximate surface area is 196 Å². The summed E-state index contributed by atoms with van der Waals surface area (Å²) in [5.74, 6) is 2.81. The number of nitrogens with one attached hydrogen (secondary N) is 2. The summed E-state index contributed by atoms with van der Waals surface area (Å²) in [6.07, 6.45) is 5.28. The van der Waals surface area contributed by atoms with Crippen LogP contribution >= 0.6 is 24.0 Å². The average Bonchev–Trinajstić information content (AvgIpc) is 3.25. The lowest BCUT2D eigenvalue weighted by atomic mass is 9.90. The van der Waals surface area contributed by atoms with Crippen molar-refractivity contribution in [2.45, 2.75) is 51.3 Å². The summed E-state index contributed by atoms with van der Waals surface area (Å²) in [4.78, 5) is 11.3. The Balaban J connectivity index is 0.00000256. The van der Waals surface area contributed by atoms with Crippen molar-refractivity contribution in [3.63, 3.8) is 0 Å². The van der Waals surface area contributed by atoms with E-state index in [1.165, 1.54) is 24.0 Å². The third-order valence-corrected chi connectivity index (χ3v) is 5.61. The van der Waals surface area contributed by atoms with E-state index in [1.807, 2.05) is 25.4 Å². The number of benzene rings is 1. The zero-order valence-electron chi connectivity index (χ0n) is 18.0. The maximum Gasteiger partial charge on any atom is 0.191 e. The van der Waals surface area contributed by atoms with Gasteiger partial charge in [0.25, 0.3) is 0 Å². The molecule has 6 nitrogen and oxygen atoms in total. The van der Waals surface area contributed by atoms with E-state index in [4.69, 9.17) is 4.74 Å². The first-order chi connectivity index (χ1) is 14.0. The Kier molecular flexibility index (Phi) is 7.44. The minimum atomic E-state index is -0.222. The van der Waals surface area contributed by atoms with Crippen LogP contribution in [-0.4, -0.2) is 36.7 Å². The van der Waals surface area contributed by atoms with Crippen LogP contribution in [0, 0.1) is 0 Å². The van der Waals surface area contributed by atoms with E-state index in [2.05, 4.69) is 63.6 Å². The SMILES string of the molecule is CN=C(NCc1ccnc(N2CCCC2)c1)NC1CC(C)(C)Oc2ccccc21.I. The lowest BCUT2D eigenvalue weighted by molar-refractivity contribution is 0.0694. The number of aliphatic imine (C=N–C) groups is 1. The molecular formula is C23H32IN5O. The highest BCUT2D eigenvalue weighted by Gasteiger charge is 2.33. The zero-order chi connectivity index (χ0) is 20.3. The Hall–Kier alpha value is -2.03. The molecule has 0 radical (unpaired) electrons. The molecule has 162 valence electrons. The smallest absolute Gasteiger partial charge is 0.191 e. The molecule has 0 spiro atoms. The van der Waals surface area contributed by atoms with Crippen molar-refractivity contribution >= 4 is 35.8 Å². The van der Waals surface area contributed by atoms with Crippen molar-refractivity contribution < 1.29 is 4.74 Å². The monoisotopic (exact) mass is 521 g/mol. The van der Waals surface area contributed by atoms with Crippen molar-refractivity contribution in [3.8, 4) is 5.75 Å². The van der Waals surface area contributed by atoms with Crippen molar-refractivity contribution in [2.24, 2.45) is 4.99 Å². The van der Waals surface area contributed by atoms with Crippen LogP contribution in [0.3, 0.4) is 0 Å². The summed E-state index contributed by atoms with van der Waals surface area (Å²) >= 11 is 0. The number of aromatic nitrogens is 1. The van der Waals surface area contributed by atoms with Crippen LogP contribution in [-0.2, 0) is 6.54 Å². The molecule has 0 aliphatic carbocycles. The van der Waals surface area contributed by atoms with Crippen molar-refractivity contribution in [1.82, 2.24) is 15.6 Å². The summed E-state index contributed by atoms with van der Waals surface area (Å²) < 4.78 is 6.14. The van der Waals surface area contributed by atoms with Crippen LogP contribution in [0.1, 0.15) is 50.3 Å². The minimum Gasteiger partial charge on any atom is -0.487 e. The number of fused-ring (bicyclic) bond motifs is 1. The molecule has 0 amide bonds. The van der Waals surface area contributed by atoms with Gasteiger partial charge in [0.2, 0.25) is 0 Å². The Morgan fingerprint density at radius 3 is 2.77 bits per heavy atom. The zero-order valence-corrected chi connectivity index (χ0v) is 20.3. The Morgan fingerprint density at radius 1 is 1.23 bits per heavy atom. The molecule has 4 rings (SSSR count). The highest BCUT2D eigenvalue weighted by Crippen LogP contribution is 2.39. The highest BCUT2D eigenvalue weighted by atomic mass is 127. The molecule has 1 aromatic heterocycles. The van der Waals surface area contributed by atoms with E-state index in [0.29, 0.717) is 6.54 Å². The third-order valence-electron chi connectivity index (χ3n) is 5.61. The normalized spacial score (nSPS) is 20.0. The number of rotatable bonds is 4. The standard InChI is InChI=1S/C23H31N5O.HI/c1-23(2)15-19(18-8-4-5-9-20(18)29-23)27-22(24-3)26-16-17-10-11-25-21(14-17)28-12-6-7-13-28;/h4-5,8-11,14,19H,6-7,12-13,15-16H2,1-3H3,(H2,24,26,27);1H. The number of nitrogens with zero attached hydrogens (tertiary/aromatic N) is 3. The number of hydrogen-bond donors (Lipinski definition) is 2. The molecule has 1 aromatic carbocycles. The predicted molar refractivity (Wildman–Crippen MR) is 133 cm³/mol. The Morgan fingerprint density at radius 2 is 2.00 bits per heavy atom. The van der Waals surface area contributed by atoms with Gasteiger partial charge in [0.15, 0.2) is 5.96 Å². The molecule has 3 heterocycles. The first kappa shape index (κ1) is 22.7. The molecule has 1 atom stereocenters. The maximum absolute atomic E-state index is 6.14. The highest BCUT2D eigenvalue weighted by molar-refractivity contribution is 14.0. The minimum absolute atomic E-state index is 0. The molecule has 2 N–H and O–H groups in total. The van der Waals surface area contributed by atoms with Gasteiger partial charge in [-0.25, -0.2) is 4.98 Å². The topological polar surface area (TPSA) is 61.8 Å². The number of hydrogen-bond acceptors (Lipinski definition) is 4. The van der Waals surface area contributed by atoms with Crippen molar-refractivity contribution in [1.29, 1.82) is 0 Å². The van der Waals surface area contributed by atoms with Gasteiger partial charge in [0.1, 0.15) is 17.2 Å². The molecule has 1 saturated heterocycles. The average molecular weight is 521 g/mol. The second-order valence-corrected chi connectivity index (χ2v) is 8.44. The fourth-order valence-electron chi connectivity index (χ4n) is 4.17. The number of pyridine rings is 1. The summed E-state index contributed by atoms with van der Waals surface area (Å²) in [6, 6.07) is 12.6. The van der Waals surface area contributed by atoms with Crippen LogP contribution < -0.4 is 20.3 Å². The Bertz CT molecular complexity index is 879. The van der Waals surface area contributed by atoms with Gasteiger partial charge < -0.3 is 20.3 Å². The molecule has 7 heteroatoms. The van der Waals surface area contributed by atoms with E-state index in [9.17, 15) is 0 Å². The van der Waals surface area contributed by atoms with E-state index in [1.54, 1.807) is 0 Å². The van der Waals surface area contributed by atoms with E-state index < -0.39 is 0 Å². The maximum atomic E-state index is 6.14. The second-order valence-electron chi connectivity index (χ2n) is 8.44. The summed E-state index contributed by atoms with van der Waals surface area (Å²) in [6.45, 7) is 7.17. The first-order valence-corrected chi connectivity index (χ1v) is 10.5. The van der Waals surface area contributed by atoms with E-state index in [-0.39, 0.29) is 35.6 Å². The van der Waals surface area contributed by atoms with Crippen LogP contribution in [0.2, 0.25) is 0 Å². The quantitative estimate of drug-likeness (QED) is 0.358. The molecule has 1 fully saturated rings. The van der Waals surface area contributed by atoms with E-state index >= 15 is 0 Å². The summed E-state index contributed by atoms with van der Waals surface area (Å²) in [7, 11) is 1.81. The van der Waals surface area contributed by atoms with Crippen molar-refractivity contribution in [2.75, 3.05) is 25.0 Å². The van der Waals surface area contributed by atoms with Gasteiger partial charge in [-0.15, -0.1) is 24.0 Å². The van der Waals surface area contributed by atoms with Gasteiger partial charge in [0.05, 0.1) is 6.04 Å². The van der Waals surface area contributed by atoms with Crippen LogP contribution in [0.15, 0.2) is 47.6 Å². The number of ether oxygens (including phenoxy) is 1. The fourth-order valence-corrected chi connectivity index (χ4v) is 4.17. The molecule has 0 bridgehead atoms. The van der Waals surface area contributed by atoms with Gasteiger partial charge in [-0.05, 0) is 50.5 Å². The molecule has 2 aliphatic heterocycles. The third kappa shape index (κ3) is 5.36. The van der Waals surface area contributed by atoms with Gasteiger partial charge in [-0.3, -0.25) is 4.99 Å². The van der Waals surface area contributed by atoms with Crippen LogP contribution in [0.25, 0.3) is 0 Å². The molecule has 30 heavy (non-hydrogen) atoms.